The third-order valence-electron chi connectivity index (χ3n) is 2.83. The van der Waals surface area contributed by atoms with Crippen molar-refractivity contribution >= 4 is 35.8 Å². The SMILES string of the molecule is Cl.Cl.c1cnc2c(c1)ccn2N1CCNCC1. The molecule has 3 rings (SSSR count). The number of halogens is 2. The first-order valence-electron chi connectivity index (χ1n) is 5.33. The van der Waals surface area contributed by atoms with Gasteiger partial charge < -0.3 is 10.3 Å². The van der Waals surface area contributed by atoms with Gasteiger partial charge in [0.05, 0.1) is 0 Å². The fraction of sp³-hybridized carbons (Fsp3) is 0.364. The van der Waals surface area contributed by atoms with Gasteiger partial charge in [-0.05, 0) is 18.2 Å². The molecule has 0 atom stereocenters. The Balaban J connectivity index is 0.000000722. The van der Waals surface area contributed by atoms with E-state index in [9.17, 15) is 0 Å². The molecule has 1 fully saturated rings. The Hall–Kier alpha value is -0.970. The van der Waals surface area contributed by atoms with Crippen LogP contribution >= 0.6 is 24.8 Å². The maximum absolute atomic E-state index is 4.42. The van der Waals surface area contributed by atoms with Crippen LogP contribution in [0.2, 0.25) is 0 Å². The van der Waals surface area contributed by atoms with Gasteiger partial charge in [0.2, 0.25) is 0 Å². The van der Waals surface area contributed by atoms with Crippen LogP contribution in [0.1, 0.15) is 0 Å². The normalized spacial score (nSPS) is 15.2. The number of aromatic nitrogens is 2. The molecule has 6 heteroatoms. The van der Waals surface area contributed by atoms with Gasteiger partial charge in [-0.25, -0.2) is 9.66 Å². The van der Waals surface area contributed by atoms with E-state index in [4.69, 9.17) is 0 Å². The second-order valence-corrected chi connectivity index (χ2v) is 3.78. The van der Waals surface area contributed by atoms with Gasteiger partial charge in [0, 0.05) is 44.0 Å². The van der Waals surface area contributed by atoms with Crippen molar-refractivity contribution in [3.8, 4) is 0 Å². The third kappa shape index (κ3) is 2.65. The van der Waals surface area contributed by atoms with E-state index in [1.165, 1.54) is 5.39 Å². The molecule has 0 unspecified atom stereocenters. The molecule has 0 aromatic carbocycles. The molecule has 1 saturated heterocycles. The molecule has 0 spiro atoms. The molecule has 0 amide bonds. The Morgan fingerprint density at radius 1 is 1.12 bits per heavy atom. The molecule has 4 nitrogen and oxygen atoms in total. The maximum Gasteiger partial charge on any atom is 0.158 e. The Bertz CT molecular complexity index is 465. The van der Waals surface area contributed by atoms with E-state index in [2.05, 4.69) is 38.3 Å². The van der Waals surface area contributed by atoms with Crippen molar-refractivity contribution in [2.24, 2.45) is 0 Å². The van der Waals surface area contributed by atoms with Gasteiger partial charge in [-0.15, -0.1) is 24.8 Å². The summed E-state index contributed by atoms with van der Waals surface area (Å²) in [4.78, 5) is 4.42. The first-order chi connectivity index (χ1) is 7.45. The number of fused-ring (bicyclic) bond motifs is 1. The van der Waals surface area contributed by atoms with E-state index in [1.54, 1.807) is 0 Å². The molecule has 2 aromatic rings. The lowest BCUT2D eigenvalue weighted by Gasteiger charge is -2.30. The summed E-state index contributed by atoms with van der Waals surface area (Å²) in [7, 11) is 0. The molecule has 1 N–H and O–H groups in total. The highest BCUT2D eigenvalue weighted by molar-refractivity contribution is 5.85. The zero-order valence-electron chi connectivity index (χ0n) is 9.37. The largest absolute Gasteiger partial charge is 0.313 e. The predicted molar refractivity (Wildman–Crippen MR) is 75.0 cm³/mol. The number of hydrogen-bond acceptors (Lipinski definition) is 3. The Kier molecular flexibility index (Phi) is 5.05. The van der Waals surface area contributed by atoms with Crippen LogP contribution in [0.15, 0.2) is 30.6 Å². The van der Waals surface area contributed by atoms with Gasteiger partial charge in [0.15, 0.2) is 5.65 Å². The van der Waals surface area contributed by atoms with E-state index in [0.717, 1.165) is 31.8 Å². The molecule has 0 bridgehead atoms. The van der Waals surface area contributed by atoms with Gasteiger partial charge in [0.1, 0.15) is 0 Å². The Labute approximate surface area is 113 Å². The van der Waals surface area contributed by atoms with Gasteiger partial charge in [0.25, 0.3) is 0 Å². The van der Waals surface area contributed by atoms with Crippen LogP contribution in [-0.2, 0) is 0 Å². The van der Waals surface area contributed by atoms with Gasteiger partial charge in [-0.1, -0.05) is 0 Å². The highest BCUT2D eigenvalue weighted by Crippen LogP contribution is 2.12. The molecule has 1 aliphatic rings. The molecule has 17 heavy (non-hydrogen) atoms. The van der Waals surface area contributed by atoms with Crippen molar-refractivity contribution in [1.82, 2.24) is 15.0 Å². The number of pyridine rings is 1. The van der Waals surface area contributed by atoms with Gasteiger partial charge in [-0.2, -0.15) is 0 Å². The number of nitrogens with zero attached hydrogens (tertiary/aromatic N) is 3. The smallest absolute Gasteiger partial charge is 0.158 e. The number of nitrogens with one attached hydrogen (secondary N) is 1. The van der Waals surface area contributed by atoms with E-state index >= 15 is 0 Å². The average Bonchev–Trinajstić information content (AvgIpc) is 2.74. The molecular formula is C11H16Cl2N4. The molecule has 0 radical (unpaired) electrons. The highest BCUT2D eigenvalue weighted by Gasteiger charge is 2.11. The van der Waals surface area contributed by atoms with Crippen molar-refractivity contribution in [1.29, 1.82) is 0 Å². The van der Waals surface area contributed by atoms with Crippen LogP contribution in [0.4, 0.5) is 0 Å². The van der Waals surface area contributed by atoms with Crippen LogP contribution < -0.4 is 10.3 Å². The Morgan fingerprint density at radius 3 is 2.65 bits per heavy atom. The van der Waals surface area contributed by atoms with Crippen molar-refractivity contribution in [2.75, 3.05) is 31.2 Å². The quantitative estimate of drug-likeness (QED) is 0.854. The van der Waals surface area contributed by atoms with Crippen molar-refractivity contribution < 1.29 is 0 Å². The molecule has 0 aliphatic carbocycles. The minimum absolute atomic E-state index is 0. The highest BCUT2D eigenvalue weighted by atomic mass is 35.5. The van der Waals surface area contributed by atoms with Crippen LogP contribution in [0.25, 0.3) is 11.0 Å². The van der Waals surface area contributed by atoms with Gasteiger partial charge in [-0.3, -0.25) is 0 Å². The van der Waals surface area contributed by atoms with Crippen LogP contribution in [0.3, 0.4) is 0 Å². The van der Waals surface area contributed by atoms with Crippen molar-refractivity contribution in [3.63, 3.8) is 0 Å². The van der Waals surface area contributed by atoms with E-state index in [-0.39, 0.29) is 24.8 Å². The topological polar surface area (TPSA) is 33.1 Å². The lowest BCUT2D eigenvalue weighted by molar-refractivity contribution is 0.498. The van der Waals surface area contributed by atoms with Gasteiger partial charge >= 0.3 is 0 Å². The first kappa shape index (κ1) is 14.1. The molecule has 3 heterocycles. The second-order valence-electron chi connectivity index (χ2n) is 3.78. The summed E-state index contributed by atoms with van der Waals surface area (Å²) < 4.78 is 2.16. The monoisotopic (exact) mass is 274 g/mol. The summed E-state index contributed by atoms with van der Waals surface area (Å²) in [5, 5.41) is 6.88. The summed E-state index contributed by atoms with van der Waals surface area (Å²) >= 11 is 0. The van der Waals surface area contributed by atoms with Crippen LogP contribution in [0, 0.1) is 0 Å². The lowest BCUT2D eigenvalue weighted by Crippen LogP contribution is -2.48. The van der Waals surface area contributed by atoms with Crippen molar-refractivity contribution in [3.05, 3.63) is 30.6 Å². The molecule has 94 valence electrons. The average molecular weight is 275 g/mol. The third-order valence-corrected chi connectivity index (χ3v) is 2.83. The van der Waals surface area contributed by atoms with E-state index < -0.39 is 0 Å². The number of rotatable bonds is 1. The number of hydrogen-bond donors (Lipinski definition) is 1. The standard InChI is InChI=1S/C11H14N4.2ClH/c1-2-10-3-7-15(11(10)13-4-1)14-8-5-12-6-9-14;;/h1-4,7,12H,5-6,8-9H2;2*1H. The van der Waals surface area contributed by atoms with Crippen LogP contribution in [-0.4, -0.2) is 35.8 Å². The number of piperazine rings is 1. The first-order valence-corrected chi connectivity index (χ1v) is 5.33. The zero-order chi connectivity index (χ0) is 10.1. The maximum atomic E-state index is 4.42. The summed E-state index contributed by atoms with van der Waals surface area (Å²) in [5.41, 5.74) is 1.06. The fourth-order valence-electron chi connectivity index (χ4n) is 2.05. The summed E-state index contributed by atoms with van der Waals surface area (Å²) in [5.74, 6) is 0. The molecule has 0 saturated carbocycles. The molecular weight excluding hydrogens is 259 g/mol. The van der Waals surface area contributed by atoms with Crippen molar-refractivity contribution in [2.45, 2.75) is 0 Å². The second kappa shape index (κ2) is 6.10. The predicted octanol–water partition coefficient (Wildman–Crippen LogP) is 1.42. The minimum atomic E-state index is 0. The summed E-state index contributed by atoms with van der Waals surface area (Å²) in [6.07, 6.45) is 3.95. The lowest BCUT2D eigenvalue weighted by atomic mass is 10.3. The fourth-order valence-corrected chi connectivity index (χ4v) is 2.05. The minimum Gasteiger partial charge on any atom is -0.313 e. The molecule has 2 aromatic heterocycles. The summed E-state index contributed by atoms with van der Waals surface area (Å²) in [6, 6.07) is 6.19. The molecule has 1 aliphatic heterocycles. The van der Waals surface area contributed by atoms with E-state index in [0.29, 0.717) is 0 Å². The zero-order valence-corrected chi connectivity index (χ0v) is 11.0. The van der Waals surface area contributed by atoms with Crippen LogP contribution in [0.5, 0.6) is 0 Å². The summed E-state index contributed by atoms with van der Waals surface area (Å²) in [6.45, 7) is 4.18. The van der Waals surface area contributed by atoms with E-state index in [1.807, 2.05) is 12.3 Å². The Morgan fingerprint density at radius 2 is 1.88 bits per heavy atom.